The Morgan fingerprint density at radius 3 is 0.951 bits per heavy atom. The van der Waals surface area contributed by atoms with Gasteiger partial charge in [-0.15, -0.1) is 0 Å². The van der Waals surface area contributed by atoms with Crippen molar-refractivity contribution in [1.82, 2.24) is 0 Å². The van der Waals surface area contributed by atoms with Gasteiger partial charge in [0.2, 0.25) is 0 Å². The molecule has 2 fully saturated rings. The third-order valence-corrected chi connectivity index (χ3v) is 16.1. The second-order valence-corrected chi connectivity index (χ2v) is 22.4. The fourth-order valence-corrected chi connectivity index (χ4v) is 11.9. The van der Waals surface area contributed by atoms with Gasteiger partial charge in [-0.25, -0.2) is 8.42 Å². The maximum Gasteiger partial charge on any atom is 0.188 e. The lowest BCUT2D eigenvalue weighted by Gasteiger charge is -2.50. The normalized spacial score (nSPS) is 23.0. The third-order valence-electron chi connectivity index (χ3n) is 14.3. The van der Waals surface area contributed by atoms with Crippen molar-refractivity contribution in [2.75, 3.05) is 13.2 Å². The number of ether oxygens (including phenoxy) is 10. The first-order valence-corrected chi connectivity index (χ1v) is 29.4. The van der Waals surface area contributed by atoms with Crippen LogP contribution in [0.25, 0.3) is 0 Å². The van der Waals surface area contributed by atoms with Gasteiger partial charge in [0.05, 0.1) is 65.2 Å². The number of benzene rings is 8. The maximum atomic E-state index is 15.3. The minimum Gasteiger partial charge on any atom is -0.374 e. The SMILES string of the molecule is O=S(=O)(Cc1ccccc1)[C@@H]1O[C@H](COCc2ccccc2)[C@@H](O[C@@H]2O[C@H](COCc3ccccc3)[C@@H](OCc3ccccc3)[C@H](OCc3ccccc3)[C@H]2OCc2ccccc2)[C@H](OCc2ccccc2)[C@H]1OCc1ccccc1. The van der Waals surface area contributed by atoms with Crippen molar-refractivity contribution in [2.24, 2.45) is 0 Å². The van der Waals surface area contributed by atoms with Gasteiger partial charge in [0.25, 0.3) is 0 Å². The molecule has 0 aliphatic carbocycles. The van der Waals surface area contributed by atoms with Gasteiger partial charge in [-0.3, -0.25) is 0 Å². The molecule has 0 N–H and O–H groups in total. The predicted molar refractivity (Wildman–Crippen MR) is 309 cm³/mol. The zero-order valence-corrected chi connectivity index (χ0v) is 46.1. The van der Waals surface area contributed by atoms with E-state index in [1.54, 1.807) is 12.1 Å². The molecule has 0 unspecified atom stereocenters. The van der Waals surface area contributed by atoms with E-state index in [4.69, 9.17) is 47.4 Å². The Hall–Kier alpha value is -6.69. The van der Waals surface area contributed by atoms with Crippen molar-refractivity contribution in [1.29, 1.82) is 0 Å². The molecule has 2 saturated heterocycles. The quantitative estimate of drug-likeness (QED) is 0.0463. The van der Waals surface area contributed by atoms with E-state index in [9.17, 15) is 0 Å². The predicted octanol–water partition coefficient (Wildman–Crippen LogP) is 11.8. The molecule has 13 heteroatoms. The van der Waals surface area contributed by atoms with Crippen LogP contribution in [0.3, 0.4) is 0 Å². The monoisotopic (exact) mass is 1110 g/mol. The van der Waals surface area contributed by atoms with Gasteiger partial charge in [-0.2, -0.15) is 0 Å². The first-order valence-electron chi connectivity index (χ1n) is 27.6. The van der Waals surface area contributed by atoms with Crippen molar-refractivity contribution >= 4 is 9.84 Å². The van der Waals surface area contributed by atoms with E-state index in [2.05, 4.69) is 0 Å². The van der Waals surface area contributed by atoms with Crippen LogP contribution in [0.4, 0.5) is 0 Å². The Labute approximate surface area is 476 Å². The summed E-state index contributed by atoms with van der Waals surface area (Å²) in [6, 6.07) is 77.9. The highest BCUT2D eigenvalue weighted by atomic mass is 32.2. The lowest BCUT2D eigenvalue weighted by atomic mass is 9.96. The van der Waals surface area contributed by atoms with Crippen LogP contribution in [0.15, 0.2) is 243 Å². The molecule has 2 aliphatic heterocycles. The highest BCUT2D eigenvalue weighted by Crippen LogP contribution is 2.38. The first-order chi connectivity index (χ1) is 39.9. The number of hydrogen-bond acceptors (Lipinski definition) is 12. The molecule has 0 saturated carbocycles. The van der Waals surface area contributed by atoms with Crippen LogP contribution < -0.4 is 0 Å². The topological polar surface area (TPSA) is 126 Å². The van der Waals surface area contributed by atoms with Gasteiger partial charge in [-0.1, -0.05) is 243 Å². The second-order valence-electron chi connectivity index (χ2n) is 20.3. The van der Waals surface area contributed by atoms with E-state index in [0.717, 1.165) is 38.9 Å². The van der Waals surface area contributed by atoms with Crippen LogP contribution in [0.1, 0.15) is 44.5 Å². The fraction of sp³-hybridized carbons (Fsp3) is 0.294. The summed E-state index contributed by atoms with van der Waals surface area (Å²) in [5.74, 6) is -0.325. The van der Waals surface area contributed by atoms with Crippen LogP contribution in [0, 0.1) is 0 Å². The van der Waals surface area contributed by atoms with Gasteiger partial charge >= 0.3 is 0 Å². The van der Waals surface area contributed by atoms with Gasteiger partial charge < -0.3 is 47.4 Å². The maximum absolute atomic E-state index is 15.3. The summed E-state index contributed by atoms with van der Waals surface area (Å²) >= 11 is 0. The van der Waals surface area contributed by atoms with Gasteiger partial charge in [0.1, 0.15) is 48.8 Å². The molecule has 2 heterocycles. The Kier molecular flexibility index (Phi) is 21.2. The van der Waals surface area contributed by atoms with E-state index in [-0.39, 0.29) is 58.6 Å². The zero-order valence-electron chi connectivity index (χ0n) is 45.2. The number of hydrogen-bond donors (Lipinski definition) is 0. The Morgan fingerprint density at radius 2 is 0.580 bits per heavy atom. The van der Waals surface area contributed by atoms with E-state index in [1.165, 1.54) is 0 Å². The average Bonchev–Trinajstić information content (AvgIpc) is 3.67. The largest absolute Gasteiger partial charge is 0.374 e. The van der Waals surface area contributed by atoms with Crippen molar-refractivity contribution < 1.29 is 55.8 Å². The highest BCUT2D eigenvalue weighted by Gasteiger charge is 2.56. The molecule has 0 spiro atoms. The van der Waals surface area contributed by atoms with Crippen molar-refractivity contribution in [3.05, 3.63) is 287 Å². The molecule has 8 aromatic carbocycles. The summed E-state index contributed by atoms with van der Waals surface area (Å²) in [5.41, 5.74) is 5.44. The smallest absolute Gasteiger partial charge is 0.188 e. The summed E-state index contributed by atoms with van der Waals surface area (Å²) in [6.07, 6.45) is -9.20. The van der Waals surface area contributed by atoms with Gasteiger partial charge in [0.15, 0.2) is 21.6 Å². The lowest BCUT2D eigenvalue weighted by molar-refractivity contribution is -0.360. The Bertz CT molecular complexity index is 3130. The molecule has 0 aromatic heterocycles. The van der Waals surface area contributed by atoms with E-state index in [0.29, 0.717) is 12.2 Å². The van der Waals surface area contributed by atoms with Crippen molar-refractivity contribution in [2.45, 2.75) is 113 Å². The molecule has 12 nitrogen and oxygen atoms in total. The summed E-state index contributed by atoms with van der Waals surface area (Å²) in [7, 11) is -4.19. The molecule has 81 heavy (non-hydrogen) atoms. The third kappa shape index (κ3) is 16.7. The molecule has 420 valence electrons. The fourth-order valence-electron chi connectivity index (χ4n) is 10.1. The summed E-state index contributed by atoms with van der Waals surface area (Å²) < 4.78 is 101. The first kappa shape index (κ1) is 57.5. The average molecular weight is 1110 g/mol. The van der Waals surface area contributed by atoms with Gasteiger partial charge in [-0.05, 0) is 44.5 Å². The molecule has 0 amide bonds. The number of sulfone groups is 1. The van der Waals surface area contributed by atoms with Crippen LogP contribution in [-0.4, -0.2) is 82.2 Å². The van der Waals surface area contributed by atoms with Gasteiger partial charge in [0, 0.05) is 0 Å². The Balaban J connectivity index is 1.08. The van der Waals surface area contributed by atoms with Crippen molar-refractivity contribution in [3.8, 4) is 0 Å². The molecule has 0 radical (unpaired) electrons. The van der Waals surface area contributed by atoms with E-state index >= 15 is 8.42 Å². The van der Waals surface area contributed by atoms with Crippen LogP contribution in [-0.2, 0) is 109 Å². The summed E-state index contributed by atoms with van der Waals surface area (Å²) in [4.78, 5) is 0. The molecule has 10 rings (SSSR count). The second kappa shape index (κ2) is 29.9. The van der Waals surface area contributed by atoms with Crippen LogP contribution >= 0.6 is 0 Å². The summed E-state index contributed by atoms with van der Waals surface area (Å²) in [6.45, 7) is 1.19. The molecule has 8 aromatic rings. The minimum absolute atomic E-state index is 0.0404. The molecule has 10 atom stereocenters. The number of rotatable bonds is 28. The van der Waals surface area contributed by atoms with Crippen molar-refractivity contribution in [3.63, 3.8) is 0 Å². The lowest BCUT2D eigenvalue weighted by Crippen LogP contribution is -2.67. The highest BCUT2D eigenvalue weighted by molar-refractivity contribution is 7.91. The molecular formula is C68H70O12S. The van der Waals surface area contributed by atoms with Crippen LogP contribution in [0.5, 0.6) is 0 Å². The molecular weight excluding hydrogens is 1040 g/mol. The molecule has 0 bridgehead atoms. The Morgan fingerprint density at radius 1 is 0.296 bits per heavy atom. The van der Waals surface area contributed by atoms with E-state index in [1.807, 2.05) is 231 Å². The minimum atomic E-state index is -4.19. The standard InChI is InChI=1S/C68H70O12S/c69-81(70,50-58-39-23-8-24-40-58)68-66(77-47-57-37-21-7-22-38-57)64(75-45-55-33-17-5-18-34-55)62(60(79-68)49-72-42-52-27-11-2-12-28-52)80-67-65(76-46-56-35-19-6-20-36-56)63(74-44-54-31-15-4-16-32-54)61(73-43-53-29-13-3-14-30-53)59(78-67)48-71-41-51-25-9-1-10-26-51/h1-40,59-68H,41-50H2/t59-,60-,61-,62-,63+,64+,65-,66-,67+,68+/m1/s1. The summed E-state index contributed by atoms with van der Waals surface area (Å²) in [5, 5.41) is 0. The van der Waals surface area contributed by atoms with E-state index < -0.39 is 70.4 Å². The zero-order chi connectivity index (χ0) is 55.3. The molecule has 2 aliphatic rings. The van der Waals surface area contributed by atoms with Crippen LogP contribution in [0.2, 0.25) is 0 Å².